The van der Waals surface area contributed by atoms with Crippen molar-refractivity contribution in [1.82, 2.24) is 15.2 Å². The fraction of sp³-hybridized carbons (Fsp3) is 0.353. The zero-order chi connectivity index (χ0) is 16.7. The maximum atomic E-state index is 13.0. The Labute approximate surface area is 142 Å². The Morgan fingerprint density at radius 1 is 1.21 bits per heavy atom. The van der Waals surface area contributed by atoms with Crippen LogP contribution in [-0.2, 0) is 11.3 Å². The van der Waals surface area contributed by atoms with E-state index in [1.165, 1.54) is 28.4 Å². The molecule has 1 saturated heterocycles. The van der Waals surface area contributed by atoms with E-state index < -0.39 is 5.54 Å². The van der Waals surface area contributed by atoms with Crippen molar-refractivity contribution in [1.29, 1.82) is 0 Å². The average Bonchev–Trinajstić information content (AvgIpc) is 3.27. The molecule has 1 aromatic carbocycles. The van der Waals surface area contributed by atoms with Gasteiger partial charge in [0.15, 0.2) is 0 Å². The van der Waals surface area contributed by atoms with Crippen LogP contribution >= 0.6 is 11.3 Å². The summed E-state index contributed by atoms with van der Waals surface area (Å²) in [7, 11) is 0. The molecule has 7 heteroatoms. The number of urea groups is 1. The lowest BCUT2D eigenvalue weighted by molar-refractivity contribution is -0.131. The number of amides is 3. The second kappa shape index (κ2) is 5.66. The molecule has 3 amide bonds. The Balaban J connectivity index is 1.53. The first-order chi connectivity index (χ1) is 11.6. The van der Waals surface area contributed by atoms with Gasteiger partial charge in [0.1, 0.15) is 16.4 Å². The van der Waals surface area contributed by atoms with Gasteiger partial charge in [0.25, 0.3) is 5.91 Å². The van der Waals surface area contributed by atoms with E-state index in [1.807, 2.05) is 5.38 Å². The number of thiazole rings is 1. The number of imide groups is 1. The van der Waals surface area contributed by atoms with Crippen molar-refractivity contribution in [3.05, 3.63) is 41.2 Å². The molecular formula is C17H16FN3O2S. The highest BCUT2D eigenvalue weighted by atomic mass is 32.1. The highest BCUT2D eigenvalue weighted by Crippen LogP contribution is 2.35. The third-order valence-electron chi connectivity index (χ3n) is 4.67. The van der Waals surface area contributed by atoms with E-state index in [9.17, 15) is 14.0 Å². The molecule has 0 radical (unpaired) electrons. The molecule has 124 valence electrons. The lowest BCUT2D eigenvalue weighted by Gasteiger charge is -2.19. The number of aromatic nitrogens is 1. The number of hydrogen-bond donors (Lipinski definition) is 1. The van der Waals surface area contributed by atoms with Gasteiger partial charge < -0.3 is 5.32 Å². The number of halogens is 1. The van der Waals surface area contributed by atoms with Crippen molar-refractivity contribution in [2.45, 2.75) is 37.8 Å². The van der Waals surface area contributed by atoms with E-state index in [1.54, 1.807) is 12.1 Å². The predicted molar refractivity (Wildman–Crippen MR) is 87.8 cm³/mol. The Morgan fingerprint density at radius 2 is 1.92 bits per heavy atom. The van der Waals surface area contributed by atoms with Gasteiger partial charge >= 0.3 is 6.03 Å². The maximum absolute atomic E-state index is 13.0. The molecule has 2 heterocycles. The van der Waals surface area contributed by atoms with Crippen LogP contribution in [0.1, 0.15) is 31.4 Å². The summed E-state index contributed by atoms with van der Waals surface area (Å²) in [5.41, 5.74) is 0.794. The highest BCUT2D eigenvalue weighted by Gasteiger charge is 2.52. The molecular weight excluding hydrogens is 329 g/mol. The monoisotopic (exact) mass is 345 g/mol. The summed E-state index contributed by atoms with van der Waals surface area (Å²) in [5.74, 6) is -0.432. The molecule has 1 aromatic heterocycles. The minimum atomic E-state index is -0.688. The minimum absolute atomic E-state index is 0.138. The molecule has 0 unspecified atom stereocenters. The molecule has 2 aliphatic rings. The smallest absolute Gasteiger partial charge is 0.323 e. The van der Waals surface area contributed by atoms with Gasteiger partial charge in [-0.25, -0.2) is 14.2 Å². The number of nitrogens with one attached hydrogen (secondary N) is 1. The average molecular weight is 345 g/mol. The van der Waals surface area contributed by atoms with E-state index in [0.717, 1.165) is 23.4 Å². The Bertz CT molecular complexity index is 796. The van der Waals surface area contributed by atoms with Crippen LogP contribution < -0.4 is 5.32 Å². The van der Waals surface area contributed by atoms with Crippen molar-refractivity contribution in [3.63, 3.8) is 0 Å². The molecule has 2 fully saturated rings. The summed E-state index contributed by atoms with van der Waals surface area (Å²) in [5, 5.41) is 5.44. The van der Waals surface area contributed by atoms with E-state index in [4.69, 9.17) is 0 Å². The molecule has 1 spiro atoms. The lowest BCUT2D eigenvalue weighted by atomic mass is 9.98. The van der Waals surface area contributed by atoms with Crippen LogP contribution in [0.15, 0.2) is 29.6 Å². The highest BCUT2D eigenvalue weighted by molar-refractivity contribution is 7.13. The van der Waals surface area contributed by atoms with Gasteiger partial charge in [-0.15, -0.1) is 11.3 Å². The van der Waals surface area contributed by atoms with Crippen molar-refractivity contribution < 1.29 is 14.0 Å². The third kappa shape index (κ3) is 2.49. The maximum Gasteiger partial charge on any atom is 0.325 e. The van der Waals surface area contributed by atoms with Crippen LogP contribution in [0.2, 0.25) is 0 Å². The van der Waals surface area contributed by atoms with Crippen LogP contribution in [0.3, 0.4) is 0 Å². The van der Waals surface area contributed by atoms with Gasteiger partial charge in [0.2, 0.25) is 0 Å². The van der Waals surface area contributed by atoms with Gasteiger partial charge in [0, 0.05) is 10.9 Å². The minimum Gasteiger partial charge on any atom is -0.323 e. The van der Waals surface area contributed by atoms with E-state index in [0.29, 0.717) is 18.5 Å². The van der Waals surface area contributed by atoms with Crippen molar-refractivity contribution in [2.75, 3.05) is 0 Å². The normalized spacial score (nSPS) is 19.3. The van der Waals surface area contributed by atoms with E-state index >= 15 is 0 Å². The summed E-state index contributed by atoms with van der Waals surface area (Å²) < 4.78 is 13.0. The number of nitrogens with zero attached hydrogens (tertiary/aromatic N) is 2. The first-order valence-corrected chi connectivity index (χ1v) is 8.80. The number of hydrogen-bond acceptors (Lipinski definition) is 4. The molecule has 4 rings (SSSR count). The number of carbonyl (C=O) groups is 2. The van der Waals surface area contributed by atoms with Crippen molar-refractivity contribution in [2.24, 2.45) is 0 Å². The van der Waals surface area contributed by atoms with Gasteiger partial charge in [-0.2, -0.15) is 0 Å². The van der Waals surface area contributed by atoms with E-state index in [2.05, 4.69) is 10.3 Å². The Morgan fingerprint density at radius 3 is 2.62 bits per heavy atom. The molecule has 2 aromatic rings. The standard InChI is InChI=1S/C17H16FN3O2S/c18-12-5-3-11(4-6-12)14-19-13(10-24-14)9-21-15(22)17(20-16(21)23)7-1-2-8-17/h3-6,10H,1-2,7-9H2,(H,20,23). The molecule has 0 bridgehead atoms. The molecule has 24 heavy (non-hydrogen) atoms. The Hall–Kier alpha value is -2.28. The number of carbonyl (C=O) groups excluding carboxylic acids is 2. The number of benzene rings is 1. The largest absolute Gasteiger partial charge is 0.325 e. The molecule has 1 N–H and O–H groups in total. The summed E-state index contributed by atoms with van der Waals surface area (Å²) in [4.78, 5) is 30.6. The van der Waals surface area contributed by atoms with Gasteiger partial charge in [-0.1, -0.05) is 12.8 Å². The fourth-order valence-electron chi connectivity index (χ4n) is 3.40. The van der Waals surface area contributed by atoms with E-state index in [-0.39, 0.29) is 24.3 Å². The van der Waals surface area contributed by atoms with Gasteiger partial charge in [-0.3, -0.25) is 9.69 Å². The SMILES string of the molecule is O=C1NC2(CCCC2)C(=O)N1Cc1csc(-c2ccc(F)cc2)n1. The van der Waals surface area contributed by atoms with Crippen molar-refractivity contribution >= 4 is 23.3 Å². The predicted octanol–water partition coefficient (Wildman–Crippen LogP) is 3.31. The van der Waals surface area contributed by atoms with Gasteiger partial charge in [0.05, 0.1) is 12.2 Å². The first kappa shape index (κ1) is 15.3. The third-order valence-corrected chi connectivity index (χ3v) is 5.61. The zero-order valence-corrected chi connectivity index (χ0v) is 13.7. The van der Waals surface area contributed by atoms with Crippen LogP contribution in [0.5, 0.6) is 0 Å². The van der Waals surface area contributed by atoms with Crippen LogP contribution in [0.4, 0.5) is 9.18 Å². The summed E-state index contributed by atoms with van der Waals surface area (Å²) in [6.45, 7) is 0.171. The number of rotatable bonds is 3. The van der Waals surface area contributed by atoms with Crippen molar-refractivity contribution in [3.8, 4) is 10.6 Å². The fourth-order valence-corrected chi connectivity index (χ4v) is 4.22. The van der Waals surface area contributed by atoms with Crippen LogP contribution in [-0.4, -0.2) is 27.4 Å². The van der Waals surface area contributed by atoms with Gasteiger partial charge in [-0.05, 0) is 37.1 Å². The lowest BCUT2D eigenvalue weighted by Crippen LogP contribution is -2.44. The summed E-state index contributed by atoms with van der Waals surface area (Å²) in [6, 6.07) is 5.77. The summed E-state index contributed by atoms with van der Waals surface area (Å²) in [6.07, 6.45) is 3.36. The second-order valence-corrected chi connectivity index (χ2v) is 7.12. The molecule has 1 aliphatic carbocycles. The molecule has 1 saturated carbocycles. The quantitative estimate of drug-likeness (QED) is 0.868. The molecule has 5 nitrogen and oxygen atoms in total. The molecule has 0 atom stereocenters. The Kier molecular flexibility index (Phi) is 3.60. The second-order valence-electron chi connectivity index (χ2n) is 6.26. The topological polar surface area (TPSA) is 62.3 Å². The van der Waals surface area contributed by atoms with Crippen LogP contribution in [0.25, 0.3) is 10.6 Å². The van der Waals surface area contributed by atoms with Crippen LogP contribution in [0, 0.1) is 5.82 Å². The molecule has 1 aliphatic heterocycles. The summed E-state index contributed by atoms with van der Waals surface area (Å²) >= 11 is 1.41. The first-order valence-electron chi connectivity index (χ1n) is 7.92. The zero-order valence-electron chi connectivity index (χ0n) is 12.9.